The predicted molar refractivity (Wildman–Crippen MR) is 142 cm³/mol. The standard InChI is InChI=1S/C28H33N3O3S/c1-32-23-15-20(16-24(33-2)28(23)34-3)25-13-14-31(22-11-7-8-12-26(22)35-25)18-21-17-29-30-27(21)19-9-5-4-6-10-19/h4-12,15-16,21,25,27,29-30H,13-14,17-18H2,1-3H3. The van der Waals surface area contributed by atoms with E-state index in [1.807, 2.05) is 11.8 Å². The average molecular weight is 492 g/mol. The molecule has 5 rings (SSSR count). The molecule has 0 amide bonds. The molecule has 0 aliphatic carbocycles. The zero-order valence-electron chi connectivity index (χ0n) is 20.5. The molecule has 3 unspecified atom stereocenters. The molecule has 6 nitrogen and oxygen atoms in total. The molecule has 184 valence electrons. The van der Waals surface area contributed by atoms with Gasteiger partial charge in [-0.3, -0.25) is 5.43 Å². The van der Waals surface area contributed by atoms with Gasteiger partial charge in [0.2, 0.25) is 5.75 Å². The lowest BCUT2D eigenvalue weighted by atomic mass is 9.94. The third kappa shape index (κ3) is 4.94. The summed E-state index contributed by atoms with van der Waals surface area (Å²) in [5, 5.41) is 0.277. The van der Waals surface area contributed by atoms with Crippen LogP contribution in [-0.4, -0.2) is 41.0 Å². The van der Waals surface area contributed by atoms with Crippen molar-refractivity contribution < 1.29 is 14.2 Å². The normalized spacial score (nSPS) is 21.8. The van der Waals surface area contributed by atoms with Gasteiger partial charge in [0.05, 0.1) is 33.1 Å². The number of anilines is 1. The number of hydrogen-bond acceptors (Lipinski definition) is 7. The van der Waals surface area contributed by atoms with Gasteiger partial charge in [0.25, 0.3) is 0 Å². The Morgan fingerprint density at radius 2 is 1.60 bits per heavy atom. The van der Waals surface area contributed by atoms with Crippen molar-refractivity contribution in [2.24, 2.45) is 5.92 Å². The molecule has 1 saturated heterocycles. The largest absolute Gasteiger partial charge is 0.493 e. The lowest BCUT2D eigenvalue weighted by Crippen LogP contribution is -2.34. The van der Waals surface area contributed by atoms with Crippen LogP contribution in [0.2, 0.25) is 0 Å². The van der Waals surface area contributed by atoms with E-state index in [9.17, 15) is 0 Å². The Labute approximate surface area is 211 Å². The Balaban J connectivity index is 1.42. The molecule has 2 aliphatic heterocycles. The molecule has 3 aromatic carbocycles. The first-order valence-corrected chi connectivity index (χ1v) is 12.9. The lowest BCUT2D eigenvalue weighted by Gasteiger charge is -2.30. The van der Waals surface area contributed by atoms with E-state index in [0.717, 1.165) is 26.1 Å². The Bertz CT molecular complexity index is 1120. The summed E-state index contributed by atoms with van der Waals surface area (Å²) in [6, 6.07) is 24.0. The minimum absolute atomic E-state index is 0.277. The molecule has 0 saturated carbocycles. The second kappa shape index (κ2) is 10.8. The van der Waals surface area contributed by atoms with Crippen LogP contribution in [0.3, 0.4) is 0 Å². The number of hydrazine groups is 1. The number of methoxy groups -OCH3 is 3. The molecule has 0 radical (unpaired) electrons. The summed E-state index contributed by atoms with van der Waals surface area (Å²) in [6.07, 6.45) is 1.02. The first-order valence-electron chi connectivity index (χ1n) is 12.1. The highest BCUT2D eigenvalue weighted by molar-refractivity contribution is 7.99. The van der Waals surface area contributed by atoms with Crippen LogP contribution in [0.1, 0.15) is 28.8 Å². The van der Waals surface area contributed by atoms with E-state index in [0.29, 0.717) is 29.2 Å². The zero-order chi connectivity index (χ0) is 24.2. The maximum absolute atomic E-state index is 5.64. The number of thioether (sulfide) groups is 1. The van der Waals surface area contributed by atoms with Crippen molar-refractivity contribution in [3.63, 3.8) is 0 Å². The third-order valence-electron chi connectivity index (χ3n) is 6.90. The molecule has 0 bridgehead atoms. The van der Waals surface area contributed by atoms with Crippen LogP contribution in [0, 0.1) is 5.92 Å². The highest BCUT2D eigenvalue weighted by atomic mass is 32.2. The fourth-order valence-corrected chi connectivity index (χ4v) is 6.42. The number of hydrogen-bond donors (Lipinski definition) is 2. The first kappa shape index (κ1) is 23.9. The van der Waals surface area contributed by atoms with Crippen LogP contribution < -0.4 is 30.0 Å². The number of benzene rings is 3. The quantitative estimate of drug-likeness (QED) is 0.470. The molecule has 0 aromatic heterocycles. The number of para-hydroxylation sites is 1. The molecular weight excluding hydrogens is 458 g/mol. The summed E-state index contributed by atoms with van der Waals surface area (Å²) in [7, 11) is 4.99. The van der Waals surface area contributed by atoms with Gasteiger partial charge in [-0.2, -0.15) is 0 Å². The Hall–Kier alpha value is -2.87. The maximum atomic E-state index is 5.64. The number of ether oxygens (including phenoxy) is 3. The third-order valence-corrected chi connectivity index (χ3v) is 8.29. The van der Waals surface area contributed by atoms with E-state index in [4.69, 9.17) is 14.2 Å². The summed E-state index contributed by atoms with van der Waals surface area (Å²) in [5.41, 5.74) is 10.7. The Kier molecular flexibility index (Phi) is 7.37. The van der Waals surface area contributed by atoms with Gasteiger partial charge in [0.15, 0.2) is 11.5 Å². The van der Waals surface area contributed by atoms with Crippen LogP contribution in [0.4, 0.5) is 5.69 Å². The van der Waals surface area contributed by atoms with Gasteiger partial charge in [0.1, 0.15) is 0 Å². The van der Waals surface area contributed by atoms with E-state index in [-0.39, 0.29) is 5.25 Å². The van der Waals surface area contributed by atoms with Gasteiger partial charge in [-0.15, -0.1) is 11.8 Å². The van der Waals surface area contributed by atoms with Crippen LogP contribution in [0.25, 0.3) is 0 Å². The summed E-state index contributed by atoms with van der Waals surface area (Å²) in [4.78, 5) is 3.87. The summed E-state index contributed by atoms with van der Waals surface area (Å²) < 4.78 is 16.8. The van der Waals surface area contributed by atoms with Crippen molar-refractivity contribution in [1.82, 2.24) is 10.9 Å². The van der Waals surface area contributed by atoms with Gasteiger partial charge < -0.3 is 19.1 Å². The second-order valence-corrected chi connectivity index (χ2v) is 10.2. The molecule has 2 N–H and O–H groups in total. The topological polar surface area (TPSA) is 55.0 Å². The van der Waals surface area contributed by atoms with Crippen molar-refractivity contribution in [3.8, 4) is 17.2 Å². The molecule has 35 heavy (non-hydrogen) atoms. The van der Waals surface area contributed by atoms with Gasteiger partial charge >= 0.3 is 0 Å². The van der Waals surface area contributed by atoms with Crippen molar-refractivity contribution in [2.75, 3.05) is 45.9 Å². The highest BCUT2D eigenvalue weighted by Crippen LogP contribution is 2.49. The van der Waals surface area contributed by atoms with E-state index in [1.165, 1.54) is 21.7 Å². The monoisotopic (exact) mass is 491 g/mol. The minimum atomic E-state index is 0.277. The van der Waals surface area contributed by atoms with Gasteiger partial charge in [-0.25, -0.2) is 5.43 Å². The molecule has 2 aliphatic rings. The molecule has 3 aromatic rings. The second-order valence-electron chi connectivity index (χ2n) is 8.94. The number of rotatable bonds is 7. The predicted octanol–water partition coefficient (Wildman–Crippen LogP) is 5.22. The molecular formula is C28H33N3O3S. The zero-order valence-corrected chi connectivity index (χ0v) is 21.3. The van der Waals surface area contributed by atoms with Gasteiger partial charge in [-0.05, 0) is 41.8 Å². The van der Waals surface area contributed by atoms with Gasteiger partial charge in [0, 0.05) is 35.7 Å². The van der Waals surface area contributed by atoms with Crippen LogP contribution in [0.15, 0.2) is 71.6 Å². The smallest absolute Gasteiger partial charge is 0.203 e. The summed E-state index contributed by atoms with van der Waals surface area (Å²) >= 11 is 1.92. The van der Waals surface area contributed by atoms with E-state index >= 15 is 0 Å². The first-order chi connectivity index (χ1) is 17.2. The Morgan fingerprint density at radius 3 is 2.31 bits per heavy atom. The van der Waals surface area contributed by atoms with Crippen molar-refractivity contribution in [3.05, 3.63) is 77.9 Å². The fraction of sp³-hybridized carbons (Fsp3) is 0.357. The molecule has 0 spiro atoms. The van der Waals surface area contributed by atoms with Gasteiger partial charge in [-0.1, -0.05) is 42.5 Å². The molecule has 1 fully saturated rings. The highest BCUT2D eigenvalue weighted by Gasteiger charge is 2.32. The summed E-state index contributed by atoms with van der Waals surface area (Å²) in [6.45, 7) is 2.91. The average Bonchev–Trinajstić information content (AvgIpc) is 3.30. The summed E-state index contributed by atoms with van der Waals surface area (Å²) in [5.74, 6) is 2.50. The fourth-order valence-electron chi connectivity index (χ4n) is 5.14. The molecule has 3 atom stereocenters. The van der Waals surface area contributed by atoms with Crippen LogP contribution in [0.5, 0.6) is 17.2 Å². The SMILES string of the molecule is COc1cc(C2CCN(CC3CNNC3c3ccccc3)c3ccccc3S2)cc(OC)c1OC. The number of fused-ring (bicyclic) bond motifs is 1. The Morgan fingerprint density at radius 1 is 0.886 bits per heavy atom. The van der Waals surface area contributed by atoms with E-state index in [1.54, 1.807) is 21.3 Å². The molecule has 2 heterocycles. The van der Waals surface area contributed by atoms with E-state index < -0.39 is 0 Å². The van der Waals surface area contributed by atoms with Crippen LogP contribution in [-0.2, 0) is 0 Å². The lowest BCUT2D eigenvalue weighted by molar-refractivity contribution is 0.323. The minimum Gasteiger partial charge on any atom is -0.493 e. The van der Waals surface area contributed by atoms with Crippen molar-refractivity contribution >= 4 is 17.4 Å². The number of nitrogens with one attached hydrogen (secondary N) is 2. The van der Waals surface area contributed by atoms with Crippen molar-refractivity contribution in [2.45, 2.75) is 22.6 Å². The maximum Gasteiger partial charge on any atom is 0.203 e. The molecule has 7 heteroatoms. The van der Waals surface area contributed by atoms with Crippen molar-refractivity contribution in [1.29, 1.82) is 0 Å². The van der Waals surface area contributed by atoms with Crippen LogP contribution >= 0.6 is 11.8 Å². The number of nitrogens with zero attached hydrogens (tertiary/aromatic N) is 1. The van der Waals surface area contributed by atoms with E-state index in [2.05, 4.69) is 82.5 Å².